The van der Waals surface area contributed by atoms with E-state index < -0.39 is 10.8 Å². The fourth-order valence-electron chi connectivity index (χ4n) is 1.99. The number of hydrazone groups is 1. The van der Waals surface area contributed by atoms with Gasteiger partial charge in [-0.15, -0.1) is 0 Å². The van der Waals surface area contributed by atoms with Gasteiger partial charge in [0.05, 0.1) is 11.1 Å². The van der Waals surface area contributed by atoms with Gasteiger partial charge in [-0.1, -0.05) is 6.07 Å². The third kappa shape index (κ3) is 4.07. The maximum Gasteiger partial charge on any atom is 0.293 e. The Morgan fingerprint density at radius 3 is 2.50 bits per heavy atom. The lowest BCUT2D eigenvalue weighted by Gasteiger charge is -2.12. The highest BCUT2D eigenvalue weighted by Gasteiger charge is 2.15. The Balaban J connectivity index is 2.11. The number of nitrogens with zero attached hydrogens (tertiary/aromatic N) is 3. The third-order valence-electron chi connectivity index (χ3n) is 3.19. The minimum Gasteiger partial charge on any atom is -0.508 e. The van der Waals surface area contributed by atoms with E-state index in [1.807, 2.05) is 0 Å². The molecule has 124 valence electrons. The van der Waals surface area contributed by atoms with Crippen LogP contribution in [0, 0.1) is 10.1 Å². The lowest BCUT2D eigenvalue weighted by molar-refractivity contribution is -0.384. The van der Waals surface area contributed by atoms with Crippen molar-refractivity contribution in [2.75, 3.05) is 19.0 Å². The highest BCUT2D eigenvalue weighted by Crippen LogP contribution is 2.27. The molecule has 0 aliphatic rings. The lowest BCUT2D eigenvalue weighted by atomic mass is 10.2. The summed E-state index contributed by atoms with van der Waals surface area (Å²) >= 11 is 0. The first-order chi connectivity index (χ1) is 11.4. The first-order valence-corrected chi connectivity index (χ1v) is 6.96. The molecule has 8 heteroatoms. The molecule has 0 heterocycles. The molecule has 0 saturated carbocycles. The van der Waals surface area contributed by atoms with E-state index in [1.54, 1.807) is 31.1 Å². The molecule has 8 nitrogen and oxygen atoms in total. The first kappa shape index (κ1) is 16.9. The van der Waals surface area contributed by atoms with Gasteiger partial charge in [-0.3, -0.25) is 14.9 Å². The second-order valence-corrected chi connectivity index (χ2v) is 5.15. The van der Waals surface area contributed by atoms with Crippen molar-refractivity contribution in [3.63, 3.8) is 0 Å². The molecule has 0 radical (unpaired) electrons. The van der Waals surface area contributed by atoms with Gasteiger partial charge >= 0.3 is 0 Å². The summed E-state index contributed by atoms with van der Waals surface area (Å²) in [4.78, 5) is 24.1. The molecule has 24 heavy (non-hydrogen) atoms. The molecular weight excluding hydrogens is 312 g/mol. The third-order valence-corrected chi connectivity index (χ3v) is 3.19. The molecule has 0 bridgehead atoms. The van der Waals surface area contributed by atoms with Crippen LogP contribution in [0.4, 0.5) is 11.4 Å². The Morgan fingerprint density at radius 1 is 1.25 bits per heavy atom. The number of carbonyl (C=O) groups excluding carboxylic acids is 1. The van der Waals surface area contributed by atoms with E-state index >= 15 is 0 Å². The average Bonchev–Trinajstić information content (AvgIpc) is 2.55. The van der Waals surface area contributed by atoms with Crippen molar-refractivity contribution < 1.29 is 14.8 Å². The molecule has 0 spiro atoms. The Bertz CT molecular complexity index is 785. The van der Waals surface area contributed by atoms with Crippen LogP contribution in [0.2, 0.25) is 0 Å². The van der Waals surface area contributed by atoms with Crippen LogP contribution in [0.3, 0.4) is 0 Å². The number of benzene rings is 2. The van der Waals surface area contributed by atoms with Crippen LogP contribution in [0.15, 0.2) is 47.6 Å². The molecule has 0 unspecified atom stereocenters. The van der Waals surface area contributed by atoms with E-state index in [9.17, 15) is 20.0 Å². The molecule has 2 aromatic carbocycles. The van der Waals surface area contributed by atoms with Crippen LogP contribution < -0.4 is 10.3 Å². The zero-order valence-corrected chi connectivity index (χ0v) is 13.1. The molecule has 2 N–H and O–H groups in total. The van der Waals surface area contributed by atoms with Crippen LogP contribution in [-0.2, 0) is 0 Å². The summed E-state index contributed by atoms with van der Waals surface area (Å²) < 4.78 is 0. The van der Waals surface area contributed by atoms with Crippen molar-refractivity contribution in [2.24, 2.45) is 5.10 Å². The smallest absolute Gasteiger partial charge is 0.293 e. The predicted molar refractivity (Wildman–Crippen MR) is 90.6 cm³/mol. The van der Waals surface area contributed by atoms with Gasteiger partial charge in [-0.2, -0.15) is 5.10 Å². The molecule has 0 aliphatic heterocycles. The van der Waals surface area contributed by atoms with Crippen molar-refractivity contribution in [1.29, 1.82) is 0 Å². The summed E-state index contributed by atoms with van der Waals surface area (Å²) in [6.45, 7) is 0. The van der Waals surface area contributed by atoms with Crippen molar-refractivity contribution in [1.82, 2.24) is 5.43 Å². The summed E-state index contributed by atoms with van der Waals surface area (Å²) in [6.07, 6.45) is 1.32. The molecule has 2 rings (SSSR count). The van der Waals surface area contributed by atoms with E-state index in [0.29, 0.717) is 16.8 Å². The molecule has 0 saturated heterocycles. The van der Waals surface area contributed by atoms with E-state index in [-0.39, 0.29) is 11.4 Å². The number of anilines is 1. The molecule has 1 amide bonds. The Morgan fingerprint density at radius 2 is 1.92 bits per heavy atom. The van der Waals surface area contributed by atoms with E-state index in [2.05, 4.69) is 10.5 Å². The fraction of sp³-hybridized carbons (Fsp3) is 0.125. The minimum atomic E-state index is -0.471. The average molecular weight is 328 g/mol. The largest absolute Gasteiger partial charge is 0.508 e. The molecule has 0 aliphatic carbocycles. The van der Waals surface area contributed by atoms with E-state index in [1.165, 1.54) is 36.5 Å². The van der Waals surface area contributed by atoms with Gasteiger partial charge in [0.2, 0.25) is 0 Å². The fourth-order valence-corrected chi connectivity index (χ4v) is 1.99. The first-order valence-electron chi connectivity index (χ1n) is 6.96. The number of carbonyl (C=O) groups is 1. The number of nitro benzene ring substituents is 1. The van der Waals surface area contributed by atoms with Crippen molar-refractivity contribution in [2.45, 2.75) is 0 Å². The Labute approximate surface area is 138 Å². The van der Waals surface area contributed by atoms with Gasteiger partial charge in [-0.05, 0) is 30.3 Å². The number of phenolic OH excluding ortho intramolecular Hbond substituents is 1. The standard InChI is InChI=1S/C16H16N4O4/c1-19(2)14-8-3-11(9-15(14)20(23)24)10-17-18-16(22)12-4-6-13(21)7-5-12/h3-10,21H,1-2H3,(H,18,22)/b17-10-. The summed E-state index contributed by atoms with van der Waals surface area (Å²) in [7, 11) is 3.43. The molecule has 0 aromatic heterocycles. The zero-order chi connectivity index (χ0) is 17.7. The van der Waals surface area contributed by atoms with Crippen molar-refractivity contribution >= 4 is 23.5 Å². The van der Waals surface area contributed by atoms with Gasteiger partial charge in [0.25, 0.3) is 11.6 Å². The monoisotopic (exact) mass is 328 g/mol. The number of amides is 1. The lowest BCUT2D eigenvalue weighted by Crippen LogP contribution is -2.17. The van der Waals surface area contributed by atoms with Gasteiger partial charge in [-0.25, -0.2) is 5.43 Å². The van der Waals surface area contributed by atoms with Crippen LogP contribution >= 0.6 is 0 Å². The summed E-state index contributed by atoms with van der Waals surface area (Å²) in [5, 5.41) is 24.1. The number of nitrogens with one attached hydrogen (secondary N) is 1. The Kier molecular flexibility index (Phi) is 5.10. The molecule has 2 aromatic rings. The summed E-state index contributed by atoms with van der Waals surface area (Å²) in [6, 6.07) is 10.4. The molecule has 0 fully saturated rings. The van der Waals surface area contributed by atoms with E-state index in [0.717, 1.165) is 0 Å². The summed E-state index contributed by atoms with van der Waals surface area (Å²) in [5.41, 5.74) is 3.57. The van der Waals surface area contributed by atoms with Crippen molar-refractivity contribution in [3.05, 3.63) is 63.7 Å². The number of aromatic hydroxyl groups is 1. The van der Waals surface area contributed by atoms with Crippen LogP contribution in [0.25, 0.3) is 0 Å². The maximum absolute atomic E-state index is 11.8. The number of rotatable bonds is 5. The number of nitro groups is 1. The molecular formula is C16H16N4O4. The van der Waals surface area contributed by atoms with Crippen LogP contribution in [-0.4, -0.2) is 36.2 Å². The van der Waals surface area contributed by atoms with Gasteiger partial charge in [0.15, 0.2) is 0 Å². The van der Waals surface area contributed by atoms with Gasteiger partial charge in [0.1, 0.15) is 11.4 Å². The highest BCUT2D eigenvalue weighted by atomic mass is 16.6. The number of hydrogen-bond acceptors (Lipinski definition) is 6. The SMILES string of the molecule is CN(C)c1ccc(/C=N\NC(=O)c2ccc(O)cc2)cc1[N+](=O)[O-]. The molecule has 0 atom stereocenters. The zero-order valence-electron chi connectivity index (χ0n) is 13.1. The van der Waals surface area contributed by atoms with Gasteiger partial charge in [0, 0.05) is 31.3 Å². The minimum absolute atomic E-state index is 0.0474. The number of hydrogen-bond donors (Lipinski definition) is 2. The second-order valence-electron chi connectivity index (χ2n) is 5.15. The summed E-state index contributed by atoms with van der Waals surface area (Å²) in [5.74, 6) is -0.394. The second kappa shape index (κ2) is 7.23. The van der Waals surface area contributed by atoms with Gasteiger partial charge < -0.3 is 10.0 Å². The van der Waals surface area contributed by atoms with Crippen molar-refractivity contribution in [3.8, 4) is 5.75 Å². The quantitative estimate of drug-likeness (QED) is 0.496. The normalized spacial score (nSPS) is 10.6. The highest BCUT2D eigenvalue weighted by molar-refractivity contribution is 5.95. The van der Waals surface area contributed by atoms with E-state index in [4.69, 9.17) is 0 Å². The Hall–Kier alpha value is -3.42. The maximum atomic E-state index is 11.8. The predicted octanol–water partition coefficient (Wildman–Crippen LogP) is 2.13. The van der Waals surface area contributed by atoms with Crippen LogP contribution in [0.5, 0.6) is 5.75 Å². The number of phenols is 1. The topological polar surface area (TPSA) is 108 Å². The van der Waals surface area contributed by atoms with Crippen LogP contribution in [0.1, 0.15) is 15.9 Å².